The van der Waals surface area contributed by atoms with E-state index in [1.165, 1.54) is 70.6 Å². The van der Waals surface area contributed by atoms with Crippen LogP contribution in [0.3, 0.4) is 0 Å². The minimum absolute atomic E-state index is 0.0382. The van der Waals surface area contributed by atoms with Crippen molar-refractivity contribution in [3.05, 3.63) is 146 Å². The zero-order chi connectivity index (χ0) is 54.5. The number of ether oxygens (including phenoxy) is 2. The highest BCUT2D eigenvalue weighted by Crippen LogP contribution is 2.43. The summed E-state index contributed by atoms with van der Waals surface area (Å²) in [5.74, 6) is -0.889. The summed E-state index contributed by atoms with van der Waals surface area (Å²) in [6, 6.07) is 0. The molecule has 0 amide bonds. The van der Waals surface area contributed by atoms with E-state index in [9.17, 15) is 19.0 Å². The molecule has 0 aliphatic rings. The quantitative estimate of drug-likeness (QED) is 0.0264. The van der Waals surface area contributed by atoms with Crippen molar-refractivity contribution in [2.45, 2.75) is 225 Å². The first-order valence-electron chi connectivity index (χ1n) is 29.3. The summed E-state index contributed by atoms with van der Waals surface area (Å²) < 4.78 is 33.0. The van der Waals surface area contributed by atoms with E-state index in [-0.39, 0.29) is 32.6 Å². The summed E-state index contributed by atoms with van der Waals surface area (Å²) in [5, 5.41) is 0. The molecule has 9 nitrogen and oxygen atoms in total. The Balaban J connectivity index is 4.10. The summed E-state index contributed by atoms with van der Waals surface area (Å²) in [6.07, 6.45) is 84.7. The average molecular weight is 1060 g/mol. The van der Waals surface area contributed by atoms with Gasteiger partial charge in [-0.2, -0.15) is 0 Å². The molecular formula is C65H106NO8P. The van der Waals surface area contributed by atoms with Gasteiger partial charge in [-0.3, -0.25) is 18.6 Å². The molecule has 0 aromatic carbocycles. The summed E-state index contributed by atoms with van der Waals surface area (Å²) >= 11 is 0. The van der Waals surface area contributed by atoms with Crippen LogP contribution in [0.2, 0.25) is 0 Å². The van der Waals surface area contributed by atoms with Crippen molar-refractivity contribution in [2.75, 3.05) is 26.4 Å². The fraction of sp³-hybridized carbons (Fsp3) is 0.600. The van der Waals surface area contributed by atoms with Crippen LogP contribution in [0, 0.1) is 0 Å². The van der Waals surface area contributed by atoms with Crippen molar-refractivity contribution in [3.8, 4) is 0 Å². The summed E-state index contributed by atoms with van der Waals surface area (Å²) in [7, 11) is -4.41. The number of rotatable bonds is 53. The zero-order valence-corrected chi connectivity index (χ0v) is 48.1. The van der Waals surface area contributed by atoms with E-state index in [0.29, 0.717) is 6.42 Å². The van der Waals surface area contributed by atoms with Gasteiger partial charge >= 0.3 is 19.8 Å². The van der Waals surface area contributed by atoms with Crippen molar-refractivity contribution >= 4 is 19.8 Å². The number of hydrogen-bond donors (Lipinski definition) is 2. The lowest BCUT2D eigenvalue weighted by atomic mass is 10.0. The van der Waals surface area contributed by atoms with E-state index in [4.69, 9.17) is 24.3 Å². The molecule has 0 spiro atoms. The maximum Gasteiger partial charge on any atom is 0.472 e. The Kier molecular flexibility index (Phi) is 55.9. The predicted molar refractivity (Wildman–Crippen MR) is 320 cm³/mol. The van der Waals surface area contributed by atoms with Gasteiger partial charge in [-0.25, -0.2) is 4.57 Å². The van der Waals surface area contributed by atoms with E-state index < -0.39 is 32.5 Å². The maximum atomic E-state index is 12.7. The minimum atomic E-state index is -4.41. The standard InChI is InChI=1S/C65H106NO8P/c1-3-5-7-9-11-13-15-17-19-21-23-25-27-29-31-33-35-37-39-41-43-45-47-49-51-53-55-57-64(67)71-61-63(62-73-75(69,70)72-60-59-66)74-65(68)58-56-54-52-50-48-46-44-42-40-38-36-34-32-30-28-26-24-22-20-18-16-14-12-10-8-6-4-2/h5-8,11-14,17-20,23-26,30,32,36,38,42,44,48,50,63H,3-4,9-10,15-16,21-22,27-29,31,33-35,37,39-41,43,45-47,49,51-62,66H2,1-2H3,(H,69,70)/b7-5-,8-6-,13-11-,14-12-,19-17-,20-18-,25-23-,26-24-,32-30-,38-36-,44-42-,50-48-. The average Bonchev–Trinajstić information content (AvgIpc) is 3.40. The van der Waals surface area contributed by atoms with Crippen LogP contribution in [-0.2, 0) is 32.7 Å². The number of unbranched alkanes of at least 4 members (excludes halogenated alkanes) is 16. The van der Waals surface area contributed by atoms with Gasteiger partial charge in [0.1, 0.15) is 6.61 Å². The Morgan fingerprint density at radius 2 is 0.693 bits per heavy atom. The van der Waals surface area contributed by atoms with Crippen LogP contribution in [-0.4, -0.2) is 49.3 Å². The number of phosphoric acid groups is 1. The molecule has 10 heteroatoms. The molecular weight excluding hydrogens is 954 g/mol. The predicted octanol–water partition coefficient (Wildman–Crippen LogP) is 18.7. The van der Waals surface area contributed by atoms with Crippen LogP contribution in [0.5, 0.6) is 0 Å². The first kappa shape index (κ1) is 70.9. The third kappa shape index (κ3) is 59.0. The van der Waals surface area contributed by atoms with Gasteiger partial charge in [-0.15, -0.1) is 0 Å². The Hall–Kier alpha value is -4.11. The number of allylic oxidation sites excluding steroid dienone is 24. The molecule has 3 N–H and O–H groups in total. The van der Waals surface area contributed by atoms with Crippen molar-refractivity contribution in [2.24, 2.45) is 5.73 Å². The molecule has 75 heavy (non-hydrogen) atoms. The molecule has 0 heterocycles. The number of hydrogen-bond acceptors (Lipinski definition) is 8. The van der Waals surface area contributed by atoms with Crippen molar-refractivity contribution in [1.29, 1.82) is 0 Å². The Morgan fingerprint density at radius 1 is 0.400 bits per heavy atom. The van der Waals surface area contributed by atoms with Gasteiger partial charge in [0.05, 0.1) is 13.2 Å². The number of carbonyl (C=O) groups is 2. The number of nitrogens with two attached hydrogens (primary N) is 1. The van der Waals surface area contributed by atoms with E-state index in [1.807, 2.05) is 0 Å². The van der Waals surface area contributed by atoms with Crippen molar-refractivity contribution in [1.82, 2.24) is 0 Å². The van der Waals surface area contributed by atoms with E-state index >= 15 is 0 Å². The van der Waals surface area contributed by atoms with Crippen LogP contribution in [0.15, 0.2) is 146 Å². The van der Waals surface area contributed by atoms with Gasteiger partial charge < -0.3 is 20.1 Å². The van der Waals surface area contributed by atoms with Crippen LogP contribution >= 0.6 is 7.82 Å². The molecule has 2 unspecified atom stereocenters. The number of carbonyl (C=O) groups excluding carboxylic acids is 2. The number of esters is 2. The van der Waals surface area contributed by atoms with Gasteiger partial charge in [0, 0.05) is 19.4 Å². The number of phosphoric ester groups is 1. The fourth-order valence-corrected chi connectivity index (χ4v) is 8.23. The molecule has 2 atom stereocenters. The molecule has 0 aromatic heterocycles. The van der Waals surface area contributed by atoms with Gasteiger partial charge in [-0.1, -0.05) is 237 Å². The Bertz CT molecular complexity index is 1730. The lowest BCUT2D eigenvalue weighted by Crippen LogP contribution is -2.29. The second-order valence-corrected chi connectivity index (χ2v) is 20.2. The van der Waals surface area contributed by atoms with Crippen molar-refractivity contribution in [3.63, 3.8) is 0 Å². The van der Waals surface area contributed by atoms with E-state index in [1.54, 1.807) is 0 Å². The lowest BCUT2D eigenvalue weighted by molar-refractivity contribution is -0.161. The van der Waals surface area contributed by atoms with Crippen LogP contribution in [0.1, 0.15) is 219 Å². The first-order chi connectivity index (χ1) is 36.8. The molecule has 0 rings (SSSR count). The SMILES string of the molecule is CC/C=C\C/C=C\C/C=C\C/C=C\C/C=C\C/C=C\C/C=C\C/C=C\CCCCC(=O)OC(COC(=O)CCCCCCCCCCCCCCCC/C=C\C/C=C\C/C=C\C/C=C\CC)COP(=O)(O)OCCN. The molecule has 0 aliphatic carbocycles. The fourth-order valence-electron chi connectivity index (χ4n) is 7.47. The highest BCUT2D eigenvalue weighted by molar-refractivity contribution is 7.47. The van der Waals surface area contributed by atoms with E-state index in [2.05, 4.69) is 160 Å². The first-order valence-corrected chi connectivity index (χ1v) is 30.8. The largest absolute Gasteiger partial charge is 0.472 e. The molecule has 0 saturated heterocycles. The maximum absolute atomic E-state index is 12.7. The van der Waals surface area contributed by atoms with Gasteiger partial charge in [0.2, 0.25) is 0 Å². The van der Waals surface area contributed by atoms with Crippen LogP contribution < -0.4 is 5.73 Å². The molecule has 0 radical (unpaired) electrons. The van der Waals surface area contributed by atoms with E-state index in [0.717, 1.165) is 116 Å². The topological polar surface area (TPSA) is 134 Å². The molecule has 0 saturated carbocycles. The Morgan fingerprint density at radius 3 is 1.05 bits per heavy atom. The third-order valence-corrected chi connectivity index (χ3v) is 12.7. The van der Waals surface area contributed by atoms with Crippen LogP contribution in [0.4, 0.5) is 0 Å². The van der Waals surface area contributed by atoms with Gasteiger partial charge in [0.25, 0.3) is 0 Å². The van der Waals surface area contributed by atoms with Crippen LogP contribution in [0.25, 0.3) is 0 Å². The zero-order valence-electron chi connectivity index (χ0n) is 47.2. The lowest BCUT2D eigenvalue weighted by Gasteiger charge is -2.19. The molecule has 0 bridgehead atoms. The minimum Gasteiger partial charge on any atom is -0.462 e. The summed E-state index contributed by atoms with van der Waals surface area (Å²) in [4.78, 5) is 35.2. The normalized spacial score (nSPS) is 14.1. The highest BCUT2D eigenvalue weighted by atomic mass is 31.2. The summed E-state index contributed by atoms with van der Waals surface area (Å²) in [6.45, 7) is 3.45. The molecule has 0 aliphatic heterocycles. The highest BCUT2D eigenvalue weighted by Gasteiger charge is 2.26. The van der Waals surface area contributed by atoms with Gasteiger partial charge in [-0.05, 0) is 116 Å². The second-order valence-electron chi connectivity index (χ2n) is 18.7. The molecule has 0 fully saturated rings. The second kappa shape index (κ2) is 59.1. The third-order valence-electron chi connectivity index (χ3n) is 11.7. The smallest absolute Gasteiger partial charge is 0.462 e. The van der Waals surface area contributed by atoms with Crippen molar-refractivity contribution < 1.29 is 37.6 Å². The monoisotopic (exact) mass is 1060 g/mol. The van der Waals surface area contributed by atoms with Gasteiger partial charge in [0.15, 0.2) is 6.10 Å². The summed E-state index contributed by atoms with van der Waals surface area (Å²) in [5.41, 5.74) is 5.38. The molecule has 0 aromatic rings. The molecule has 424 valence electrons. The Labute approximate surface area is 458 Å².